The van der Waals surface area contributed by atoms with Gasteiger partial charge in [-0.2, -0.15) is 0 Å². The zero-order valence-electron chi connectivity index (χ0n) is 14.3. The number of hydrogen-bond donors (Lipinski definition) is 1. The standard InChI is InChI=1S/C20H21NO4/c1-11(2)10-15-20-9-8-14(25-20)16(19(23)24)17(20)18(22)21(15)13-7-5-4-6-12(13)3/h4-9,14-17H,1,10H2,2-3H3,(H,23,24)/t14-,15+,16+,17-,20+/m0/s1. The fourth-order valence-corrected chi connectivity index (χ4v) is 4.63. The third-order valence-corrected chi connectivity index (χ3v) is 5.62. The molecule has 4 rings (SSSR count). The Kier molecular flexibility index (Phi) is 3.41. The SMILES string of the molecule is C=C(C)C[C@H]1N(c2ccccc2C)C(=O)[C@@H]2[C@H](C(=O)O)[C@@H]3C=C[C@]21O3. The van der Waals surface area contributed by atoms with E-state index in [9.17, 15) is 14.7 Å². The van der Waals surface area contributed by atoms with Crippen LogP contribution >= 0.6 is 0 Å². The lowest BCUT2D eigenvalue weighted by Crippen LogP contribution is -2.45. The van der Waals surface area contributed by atoms with Gasteiger partial charge in [-0.05, 0) is 31.9 Å². The Morgan fingerprint density at radius 3 is 2.76 bits per heavy atom. The highest BCUT2D eigenvalue weighted by atomic mass is 16.5. The van der Waals surface area contributed by atoms with Crippen molar-refractivity contribution in [2.75, 3.05) is 4.90 Å². The molecule has 0 saturated carbocycles. The molecule has 1 aromatic carbocycles. The summed E-state index contributed by atoms with van der Waals surface area (Å²) < 4.78 is 6.14. The van der Waals surface area contributed by atoms with Gasteiger partial charge in [0.1, 0.15) is 11.5 Å². The van der Waals surface area contributed by atoms with E-state index >= 15 is 0 Å². The normalized spacial score (nSPS) is 35.3. The number of anilines is 1. The van der Waals surface area contributed by atoms with Crippen molar-refractivity contribution in [2.24, 2.45) is 11.8 Å². The Bertz CT molecular complexity index is 814. The molecule has 2 bridgehead atoms. The quantitative estimate of drug-likeness (QED) is 0.857. The number of carboxylic acid groups (broad SMARTS) is 1. The van der Waals surface area contributed by atoms with Gasteiger partial charge in [-0.1, -0.05) is 35.9 Å². The number of carboxylic acids is 1. The van der Waals surface area contributed by atoms with E-state index in [4.69, 9.17) is 4.74 Å². The van der Waals surface area contributed by atoms with E-state index in [0.717, 1.165) is 16.8 Å². The molecular weight excluding hydrogens is 318 g/mol. The summed E-state index contributed by atoms with van der Waals surface area (Å²) in [7, 11) is 0. The van der Waals surface area contributed by atoms with Gasteiger partial charge in [-0.3, -0.25) is 9.59 Å². The molecule has 5 atom stereocenters. The number of benzene rings is 1. The molecule has 1 amide bonds. The second-order valence-corrected chi connectivity index (χ2v) is 7.31. The third kappa shape index (κ3) is 2.05. The van der Waals surface area contributed by atoms with Gasteiger partial charge >= 0.3 is 5.97 Å². The number of aryl methyl sites for hydroxylation is 1. The summed E-state index contributed by atoms with van der Waals surface area (Å²) in [5, 5.41) is 9.67. The zero-order valence-corrected chi connectivity index (χ0v) is 14.3. The molecule has 0 radical (unpaired) electrons. The second kappa shape index (κ2) is 5.30. The molecule has 5 heteroatoms. The molecule has 130 valence electrons. The van der Waals surface area contributed by atoms with Crippen molar-refractivity contribution >= 4 is 17.6 Å². The first kappa shape index (κ1) is 16.1. The predicted molar refractivity (Wildman–Crippen MR) is 93.2 cm³/mol. The maximum absolute atomic E-state index is 13.4. The van der Waals surface area contributed by atoms with E-state index in [1.807, 2.05) is 44.2 Å². The van der Waals surface area contributed by atoms with Crippen molar-refractivity contribution in [1.82, 2.24) is 0 Å². The van der Waals surface area contributed by atoms with Crippen molar-refractivity contribution < 1.29 is 19.4 Å². The molecule has 3 aliphatic heterocycles. The number of fused-ring (bicyclic) bond motifs is 1. The van der Waals surface area contributed by atoms with E-state index < -0.39 is 29.5 Å². The van der Waals surface area contributed by atoms with Crippen LogP contribution in [0.3, 0.4) is 0 Å². The Morgan fingerprint density at radius 2 is 2.12 bits per heavy atom. The van der Waals surface area contributed by atoms with E-state index in [1.54, 1.807) is 11.0 Å². The van der Waals surface area contributed by atoms with Gasteiger partial charge in [-0.25, -0.2) is 0 Å². The summed E-state index contributed by atoms with van der Waals surface area (Å²) in [4.78, 5) is 26.9. The van der Waals surface area contributed by atoms with Gasteiger partial charge in [0.2, 0.25) is 5.91 Å². The van der Waals surface area contributed by atoms with E-state index in [-0.39, 0.29) is 11.9 Å². The first-order valence-corrected chi connectivity index (χ1v) is 8.50. The lowest BCUT2D eigenvalue weighted by atomic mass is 9.74. The van der Waals surface area contributed by atoms with Gasteiger partial charge in [0.15, 0.2) is 0 Å². The van der Waals surface area contributed by atoms with Crippen LogP contribution in [-0.2, 0) is 14.3 Å². The molecule has 0 unspecified atom stereocenters. The molecule has 1 spiro atoms. The number of ether oxygens (including phenoxy) is 1. The molecule has 1 N–H and O–H groups in total. The topological polar surface area (TPSA) is 66.8 Å². The maximum atomic E-state index is 13.4. The predicted octanol–water partition coefficient (Wildman–Crippen LogP) is 2.70. The Hall–Kier alpha value is -2.40. The van der Waals surface area contributed by atoms with Gasteiger partial charge < -0.3 is 14.7 Å². The summed E-state index contributed by atoms with van der Waals surface area (Å²) in [6, 6.07) is 7.39. The van der Waals surface area contributed by atoms with Gasteiger partial charge in [0, 0.05) is 5.69 Å². The lowest BCUT2D eigenvalue weighted by Gasteiger charge is -2.34. The van der Waals surface area contributed by atoms with Crippen LogP contribution in [-0.4, -0.2) is 34.7 Å². The first-order valence-electron chi connectivity index (χ1n) is 8.50. The highest BCUT2D eigenvalue weighted by Gasteiger charge is 2.71. The molecule has 0 aromatic heterocycles. The van der Waals surface area contributed by atoms with E-state index in [0.29, 0.717) is 6.42 Å². The van der Waals surface area contributed by atoms with E-state index in [2.05, 4.69) is 6.58 Å². The number of rotatable bonds is 4. The number of nitrogens with zero attached hydrogens (tertiary/aromatic N) is 1. The molecule has 1 aromatic rings. The van der Waals surface area contributed by atoms with Gasteiger partial charge in [0.05, 0.1) is 18.1 Å². The molecule has 2 saturated heterocycles. The number of para-hydroxylation sites is 1. The average molecular weight is 339 g/mol. The smallest absolute Gasteiger partial charge is 0.310 e. The van der Waals surface area contributed by atoms with Crippen LogP contribution < -0.4 is 4.90 Å². The molecular formula is C20H21NO4. The largest absolute Gasteiger partial charge is 0.481 e. The monoisotopic (exact) mass is 339 g/mol. The minimum absolute atomic E-state index is 0.167. The first-order chi connectivity index (χ1) is 11.9. The Morgan fingerprint density at radius 1 is 1.40 bits per heavy atom. The summed E-state index contributed by atoms with van der Waals surface area (Å²) in [5.74, 6) is -2.67. The highest BCUT2D eigenvalue weighted by Crippen LogP contribution is 2.57. The summed E-state index contributed by atoms with van der Waals surface area (Å²) in [5.41, 5.74) is 1.84. The number of aliphatic carboxylic acids is 1. The summed E-state index contributed by atoms with van der Waals surface area (Å²) in [6.07, 6.45) is 3.75. The van der Waals surface area contributed by atoms with Crippen LogP contribution in [0.1, 0.15) is 18.9 Å². The van der Waals surface area contributed by atoms with Gasteiger partial charge in [-0.15, -0.1) is 6.58 Å². The van der Waals surface area contributed by atoms with E-state index in [1.165, 1.54) is 0 Å². The van der Waals surface area contributed by atoms with Crippen molar-refractivity contribution in [3.05, 3.63) is 54.1 Å². The minimum Gasteiger partial charge on any atom is -0.481 e. The number of carbonyl (C=O) groups is 2. The van der Waals surface area contributed by atoms with Crippen molar-refractivity contribution in [3.8, 4) is 0 Å². The van der Waals surface area contributed by atoms with Crippen molar-refractivity contribution in [1.29, 1.82) is 0 Å². The zero-order chi connectivity index (χ0) is 17.9. The Balaban J connectivity index is 1.87. The maximum Gasteiger partial charge on any atom is 0.310 e. The molecule has 5 nitrogen and oxygen atoms in total. The van der Waals surface area contributed by atoms with Crippen LogP contribution in [0.5, 0.6) is 0 Å². The molecule has 3 heterocycles. The second-order valence-electron chi connectivity index (χ2n) is 7.31. The number of hydrogen-bond acceptors (Lipinski definition) is 3. The van der Waals surface area contributed by atoms with Crippen LogP contribution in [0.2, 0.25) is 0 Å². The summed E-state index contributed by atoms with van der Waals surface area (Å²) in [6.45, 7) is 7.88. The van der Waals surface area contributed by atoms with Crippen LogP contribution in [0.4, 0.5) is 5.69 Å². The highest BCUT2D eigenvalue weighted by molar-refractivity contribution is 6.03. The molecule has 3 aliphatic rings. The lowest BCUT2D eigenvalue weighted by molar-refractivity contribution is -0.146. The van der Waals surface area contributed by atoms with Crippen LogP contribution in [0.25, 0.3) is 0 Å². The van der Waals surface area contributed by atoms with Crippen molar-refractivity contribution in [2.45, 2.75) is 38.0 Å². The molecule has 2 fully saturated rings. The molecule has 25 heavy (non-hydrogen) atoms. The van der Waals surface area contributed by atoms with Crippen molar-refractivity contribution in [3.63, 3.8) is 0 Å². The average Bonchev–Trinajstić information content (AvgIpc) is 3.18. The minimum atomic E-state index is -0.977. The molecule has 0 aliphatic carbocycles. The third-order valence-electron chi connectivity index (χ3n) is 5.62. The number of carbonyl (C=O) groups excluding carboxylic acids is 1. The van der Waals surface area contributed by atoms with Crippen LogP contribution in [0, 0.1) is 18.8 Å². The fourth-order valence-electron chi connectivity index (χ4n) is 4.63. The number of amides is 1. The van der Waals surface area contributed by atoms with Gasteiger partial charge in [0.25, 0.3) is 0 Å². The fraction of sp³-hybridized carbons (Fsp3) is 0.400. The Labute approximate surface area is 146 Å². The summed E-state index contributed by atoms with van der Waals surface area (Å²) >= 11 is 0. The van der Waals surface area contributed by atoms with Crippen LogP contribution in [0.15, 0.2) is 48.6 Å².